The van der Waals surface area contributed by atoms with Gasteiger partial charge in [0.05, 0.1) is 6.10 Å². The normalized spacial score (nSPS) is 24.6. The summed E-state index contributed by atoms with van der Waals surface area (Å²) in [5, 5.41) is 18.9. The Morgan fingerprint density at radius 2 is 1.94 bits per heavy atom. The first kappa shape index (κ1) is 12.4. The molecule has 0 heterocycles. The second kappa shape index (κ2) is 6.03. The van der Waals surface area contributed by atoms with Crippen LogP contribution in [0.5, 0.6) is 5.75 Å². The van der Waals surface area contributed by atoms with Gasteiger partial charge in [0.25, 0.3) is 0 Å². The summed E-state index contributed by atoms with van der Waals surface area (Å²) in [4.78, 5) is 0. The van der Waals surface area contributed by atoms with Crippen LogP contribution in [0.25, 0.3) is 0 Å². The molecule has 1 saturated carbocycles. The molecule has 0 amide bonds. The van der Waals surface area contributed by atoms with E-state index in [1.165, 1.54) is 0 Å². The lowest BCUT2D eigenvalue weighted by Crippen LogP contribution is -2.34. The smallest absolute Gasteiger partial charge is 0.124 e. The molecule has 0 saturated heterocycles. The lowest BCUT2D eigenvalue weighted by Gasteiger charge is -2.29. The zero-order chi connectivity index (χ0) is 12.1. The Hall–Kier alpha value is -1.06. The van der Waals surface area contributed by atoms with Gasteiger partial charge in [-0.2, -0.15) is 0 Å². The second-order valence-electron chi connectivity index (χ2n) is 4.59. The van der Waals surface area contributed by atoms with Crippen molar-refractivity contribution in [2.45, 2.75) is 44.3 Å². The van der Waals surface area contributed by atoms with E-state index in [9.17, 15) is 5.11 Å². The van der Waals surface area contributed by atoms with Crippen LogP contribution in [0.4, 0.5) is 0 Å². The molecule has 1 aliphatic carbocycles. The zero-order valence-corrected chi connectivity index (χ0v) is 10.0. The predicted molar refractivity (Wildman–Crippen MR) is 66.1 cm³/mol. The molecule has 2 rings (SSSR count). The monoisotopic (exact) mass is 236 g/mol. The van der Waals surface area contributed by atoms with Gasteiger partial charge < -0.3 is 14.9 Å². The predicted octanol–water partition coefficient (Wildman–Crippen LogP) is 1.90. The molecular formula is C14H20O3. The third-order valence-corrected chi connectivity index (χ3v) is 3.30. The molecule has 1 aromatic rings. The first-order valence-electron chi connectivity index (χ1n) is 6.34. The number of rotatable bonds is 4. The van der Waals surface area contributed by atoms with Crippen molar-refractivity contribution in [3.8, 4) is 5.75 Å². The Labute approximate surface area is 102 Å². The molecule has 0 aliphatic heterocycles. The van der Waals surface area contributed by atoms with Crippen LogP contribution in [0, 0.1) is 0 Å². The van der Waals surface area contributed by atoms with Crippen molar-refractivity contribution < 1.29 is 14.9 Å². The molecule has 2 unspecified atom stereocenters. The highest BCUT2D eigenvalue weighted by atomic mass is 16.5. The van der Waals surface area contributed by atoms with Gasteiger partial charge in [-0.3, -0.25) is 0 Å². The molecule has 2 N–H and O–H groups in total. The third-order valence-electron chi connectivity index (χ3n) is 3.30. The zero-order valence-electron chi connectivity index (χ0n) is 10.0. The Bertz CT molecular complexity index is 351. The van der Waals surface area contributed by atoms with Crippen LogP contribution in [0.3, 0.4) is 0 Å². The topological polar surface area (TPSA) is 49.7 Å². The van der Waals surface area contributed by atoms with E-state index >= 15 is 0 Å². The van der Waals surface area contributed by atoms with Gasteiger partial charge in [0.15, 0.2) is 0 Å². The summed E-state index contributed by atoms with van der Waals surface area (Å²) in [5.41, 5.74) is 1.01. The van der Waals surface area contributed by atoms with Crippen LogP contribution in [0.15, 0.2) is 24.3 Å². The summed E-state index contributed by atoms with van der Waals surface area (Å²) in [6, 6.07) is 7.73. The molecule has 0 spiro atoms. The summed E-state index contributed by atoms with van der Waals surface area (Å²) >= 11 is 0. The van der Waals surface area contributed by atoms with Crippen molar-refractivity contribution in [3.63, 3.8) is 0 Å². The highest BCUT2D eigenvalue weighted by Gasteiger charge is 2.25. The lowest BCUT2D eigenvalue weighted by atomic mass is 9.94. The lowest BCUT2D eigenvalue weighted by molar-refractivity contribution is 0.00633. The van der Waals surface area contributed by atoms with E-state index in [-0.39, 0.29) is 18.8 Å². The molecule has 1 aliphatic rings. The van der Waals surface area contributed by atoms with Gasteiger partial charge in [-0.25, -0.2) is 0 Å². The number of aliphatic hydroxyl groups is 2. The van der Waals surface area contributed by atoms with Crippen LogP contribution in [-0.2, 0) is 6.42 Å². The van der Waals surface area contributed by atoms with Gasteiger partial charge in [-0.05, 0) is 37.3 Å². The van der Waals surface area contributed by atoms with Crippen LogP contribution in [0.2, 0.25) is 0 Å². The van der Waals surface area contributed by atoms with Crippen LogP contribution >= 0.6 is 0 Å². The maximum Gasteiger partial charge on any atom is 0.124 e. The molecule has 3 nitrogen and oxygen atoms in total. The van der Waals surface area contributed by atoms with Crippen molar-refractivity contribution in [1.82, 2.24) is 0 Å². The third kappa shape index (κ3) is 3.20. The fourth-order valence-electron chi connectivity index (χ4n) is 2.32. The SMILES string of the molecule is OCCc1ccccc1OC1CCCCC1O. The fraction of sp³-hybridized carbons (Fsp3) is 0.571. The van der Waals surface area contributed by atoms with E-state index < -0.39 is 0 Å². The van der Waals surface area contributed by atoms with Gasteiger partial charge in [0.2, 0.25) is 0 Å². The summed E-state index contributed by atoms with van der Waals surface area (Å²) < 4.78 is 5.89. The Kier molecular flexibility index (Phi) is 4.40. The van der Waals surface area contributed by atoms with Crippen molar-refractivity contribution in [1.29, 1.82) is 0 Å². The summed E-state index contributed by atoms with van der Waals surface area (Å²) in [5.74, 6) is 0.799. The highest BCUT2D eigenvalue weighted by Crippen LogP contribution is 2.26. The van der Waals surface area contributed by atoms with Crippen LogP contribution in [0.1, 0.15) is 31.2 Å². The average Bonchev–Trinajstić information content (AvgIpc) is 2.35. The summed E-state index contributed by atoms with van der Waals surface area (Å²) in [6.45, 7) is 0.119. The summed E-state index contributed by atoms with van der Waals surface area (Å²) in [6.07, 6.45) is 4.08. The van der Waals surface area contributed by atoms with E-state index in [1.54, 1.807) is 0 Å². The van der Waals surface area contributed by atoms with E-state index in [0.717, 1.165) is 37.0 Å². The van der Waals surface area contributed by atoms with E-state index in [4.69, 9.17) is 9.84 Å². The van der Waals surface area contributed by atoms with Crippen molar-refractivity contribution in [2.75, 3.05) is 6.61 Å². The standard InChI is InChI=1S/C14H20O3/c15-10-9-11-5-1-3-7-13(11)17-14-8-4-2-6-12(14)16/h1,3,5,7,12,14-16H,2,4,6,8-10H2. The van der Waals surface area contributed by atoms with Gasteiger partial charge in [0.1, 0.15) is 11.9 Å². The molecule has 0 radical (unpaired) electrons. The Balaban J connectivity index is 2.06. The molecule has 94 valence electrons. The van der Waals surface area contributed by atoms with E-state index in [0.29, 0.717) is 6.42 Å². The number of ether oxygens (including phenoxy) is 1. The fourth-order valence-corrected chi connectivity index (χ4v) is 2.32. The molecule has 0 aromatic heterocycles. The minimum absolute atomic E-state index is 0.0939. The summed E-state index contributed by atoms with van der Waals surface area (Å²) in [7, 11) is 0. The molecular weight excluding hydrogens is 216 g/mol. The van der Waals surface area contributed by atoms with Crippen molar-refractivity contribution in [2.24, 2.45) is 0 Å². The minimum atomic E-state index is -0.356. The van der Waals surface area contributed by atoms with E-state index in [2.05, 4.69) is 0 Å². The molecule has 1 aromatic carbocycles. The Morgan fingerprint density at radius 3 is 2.71 bits per heavy atom. The number of aliphatic hydroxyl groups excluding tert-OH is 2. The quantitative estimate of drug-likeness (QED) is 0.839. The minimum Gasteiger partial charge on any atom is -0.487 e. The molecule has 3 heteroatoms. The van der Waals surface area contributed by atoms with Gasteiger partial charge in [0, 0.05) is 6.61 Å². The van der Waals surface area contributed by atoms with Crippen molar-refractivity contribution >= 4 is 0 Å². The van der Waals surface area contributed by atoms with E-state index in [1.807, 2.05) is 24.3 Å². The van der Waals surface area contributed by atoms with Gasteiger partial charge in [-0.1, -0.05) is 24.6 Å². The van der Waals surface area contributed by atoms with Gasteiger partial charge >= 0.3 is 0 Å². The number of hydrogen-bond acceptors (Lipinski definition) is 3. The first-order valence-corrected chi connectivity index (χ1v) is 6.34. The number of para-hydroxylation sites is 1. The average molecular weight is 236 g/mol. The van der Waals surface area contributed by atoms with Crippen LogP contribution < -0.4 is 4.74 Å². The second-order valence-corrected chi connectivity index (χ2v) is 4.59. The number of hydrogen-bond donors (Lipinski definition) is 2. The first-order chi connectivity index (χ1) is 8.31. The largest absolute Gasteiger partial charge is 0.487 e. The highest BCUT2D eigenvalue weighted by molar-refractivity contribution is 5.33. The number of benzene rings is 1. The maximum atomic E-state index is 9.88. The molecule has 1 fully saturated rings. The van der Waals surface area contributed by atoms with Crippen LogP contribution in [-0.4, -0.2) is 29.0 Å². The molecule has 2 atom stereocenters. The van der Waals surface area contributed by atoms with Crippen molar-refractivity contribution in [3.05, 3.63) is 29.8 Å². The molecule has 17 heavy (non-hydrogen) atoms. The molecule has 0 bridgehead atoms. The van der Waals surface area contributed by atoms with Gasteiger partial charge in [-0.15, -0.1) is 0 Å². The maximum absolute atomic E-state index is 9.88. The Morgan fingerprint density at radius 1 is 1.18 bits per heavy atom.